The molecule has 0 amide bonds. The van der Waals surface area contributed by atoms with Crippen LogP contribution in [0.4, 0.5) is 17.5 Å². The minimum Gasteiger partial charge on any atom is -0.383 e. The summed E-state index contributed by atoms with van der Waals surface area (Å²) in [6, 6.07) is 30.2. The molecule has 576 valence electrons. The molecule has 0 saturated carbocycles. The van der Waals surface area contributed by atoms with Gasteiger partial charge in [-0.25, -0.2) is 29.9 Å². The minimum absolute atomic E-state index is 0.0782. The largest absolute Gasteiger partial charge is 0.383 e. The van der Waals surface area contributed by atoms with Crippen LogP contribution in [-0.4, -0.2) is 56.1 Å². The molecule has 0 radical (unpaired) electrons. The predicted octanol–water partition coefficient (Wildman–Crippen LogP) is 24.0. The SMILES string of the molecule is CC(C)(C)c1ccc(Cl)nc1.CC(C)(C)c1cccnc1.CC(C)(C)c1cccnc1Cl.CC(C)(C)c1cccnc1N.CCc1nc(C)c(C(C)(C)C)nc1C.CSc1ncccc1C(C)(C)C.Cc1cc(C)c(C(C)(C)C)c(N)n1.Cc1ccc(C(C)(C)C)c(N)n1.Cc1ccc(C(C)(C)C)cn1. The second kappa shape index (κ2) is 41.1. The summed E-state index contributed by atoms with van der Waals surface area (Å²) in [6.07, 6.45) is 15.8. The lowest BCUT2D eigenvalue weighted by Gasteiger charge is -2.23. The number of aromatic nitrogens is 10. The average Bonchev–Trinajstić information content (AvgIpc) is 0.813. The van der Waals surface area contributed by atoms with E-state index in [4.69, 9.17) is 40.4 Å². The molecule has 0 atom stereocenters. The molecule has 0 unspecified atom stereocenters. The fourth-order valence-corrected chi connectivity index (χ4v) is 11.7. The van der Waals surface area contributed by atoms with Crippen LogP contribution < -0.4 is 17.2 Å². The lowest BCUT2D eigenvalue weighted by molar-refractivity contribution is 0.555. The van der Waals surface area contributed by atoms with Crippen LogP contribution in [0.25, 0.3) is 0 Å². The van der Waals surface area contributed by atoms with Crippen molar-refractivity contribution in [2.45, 2.75) is 296 Å². The van der Waals surface area contributed by atoms with Crippen molar-refractivity contribution < 1.29 is 0 Å². The molecule has 0 fully saturated rings. The van der Waals surface area contributed by atoms with E-state index in [2.05, 4.69) is 293 Å². The van der Waals surface area contributed by atoms with Gasteiger partial charge in [0.15, 0.2) is 0 Å². The first-order chi connectivity index (χ1) is 47.8. The number of pyridine rings is 8. The van der Waals surface area contributed by atoms with Gasteiger partial charge in [0.2, 0.25) is 0 Å². The second-order valence-electron chi connectivity index (χ2n) is 35.7. The summed E-state index contributed by atoms with van der Waals surface area (Å²) in [5, 5.41) is 2.31. The molecule has 0 aliphatic rings. The van der Waals surface area contributed by atoms with Gasteiger partial charge in [-0.05, 0) is 191 Å². The number of thioether (sulfide) groups is 1. The van der Waals surface area contributed by atoms with E-state index in [1.807, 2.05) is 114 Å². The fourth-order valence-electron chi connectivity index (χ4n) is 10.4. The van der Waals surface area contributed by atoms with E-state index in [1.54, 1.807) is 30.4 Å². The molecule has 9 aromatic rings. The molecule has 0 spiro atoms. The lowest BCUT2D eigenvalue weighted by Crippen LogP contribution is -2.18. The number of hydrogen-bond donors (Lipinski definition) is 3. The van der Waals surface area contributed by atoms with Gasteiger partial charge >= 0.3 is 0 Å². The Hall–Kier alpha value is -7.39. The molecule has 9 rings (SSSR count). The Labute approximate surface area is 651 Å². The number of hydrogen-bond acceptors (Lipinski definition) is 14. The van der Waals surface area contributed by atoms with Crippen LogP contribution in [-0.2, 0) is 55.2 Å². The highest BCUT2D eigenvalue weighted by Crippen LogP contribution is 2.33. The summed E-state index contributed by atoms with van der Waals surface area (Å²) >= 11 is 13.3. The molecular formula is C89H135Cl2N13S. The van der Waals surface area contributed by atoms with E-state index in [9.17, 15) is 0 Å². The standard InChI is InChI=1S/C12H20N2.C11H18N2.C10H16N2.C10H15NS.C10H15N.2C9H12ClN.C9H14N2.C9H13N/c1-7-10-8(2)14-11(9(3)13-10)12(4,5)6;1-7-6-8(2)13-10(12)9(7)11(3,4)5;1-7-5-6-8(9(11)12-7)10(2,3)4;1-10(2,3)8-6-5-7-11-9(8)12-4;1-8-5-6-9(7-11-8)10(2,3)4;1-9(2,3)7-4-5-8(10)11-6-7;2*1-9(2,3)7-5-4-6-11-8(7)10;1-9(2,3)8-5-4-6-10-7-8/h7H2,1-6H3;6H,1-5H3,(H2,12,13);5-6H,1-4H3,(H2,11,12);5-7H,1-4H3;5-7H,1-4H3;2*4-6H,1-3H3;4-6H,1-3H3,(H2,10,11);4-7H,1-3H3. The molecule has 0 aliphatic heterocycles. The lowest BCUT2D eigenvalue weighted by atomic mass is 9.84. The molecule has 13 nitrogen and oxygen atoms in total. The summed E-state index contributed by atoms with van der Waals surface area (Å²) in [7, 11) is 0. The summed E-state index contributed by atoms with van der Waals surface area (Å²) in [5.41, 5.74) is 36.9. The molecule has 16 heteroatoms. The molecule has 0 bridgehead atoms. The minimum atomic E-state index is 0.0782. The predicted molar refractivity (Wildman–Crippen MR) is 457 cm³/mol. The van der Waals surface area contributed by atoms with Gasteiger partial charge in [-0.15, -0.1) is 11.8 Å². The smallest absolute Gasteiger partial charge is 0.132 e. The van der Waals surface area contributed by atoms with Gasteiger partial charge in [-0.3, -0.25) is 19.9 Å². The Morgan fingerprint density at radius 1 is 0.362 bits per heavy atom. The van der Waals surface area contributed by atoms with Crippen LogP contribution in [0, 0.1) is 41.5 Å². The van der Waals surface area contributed by atoms with Gasteiger partial charge in [-0.1, -0.05) is 260 Å². The number of nitrogen functional groups attached to an aromatic ring is 3. The summed E-state index contributed by atoms with van der Waals surface area (Å²) in [4.78, 5) is 42.4. The van der Waals surface area contributed by atoms with Crippen LogP contribution in [0.15, 0.2) is 139 Å². The summed E-state index contributed by atoms with van der Waals surface area (Å²) in [6.45, 7) is 72.6. The molecule has 0 aromatic carbocycles. The molecule has 9 heterocycles. The monoisotopic (exact) mass is 1490 g/mol. The Morgan fingerprint density at radius 3 is 1.15 bits per heavy atom. The third-order valence-corrected chi connectivity index (χ3v) is 17.5. The quantitative estimate of drug-likeness (QED) is 0.109. The van der Waals surface area contributed by atoms with Gasteiger partial charge in [0, 0.05) is 71.4 Å². The first kappa shape index (κ1) is 95.6. The highest BCUT2D eigenvalue weighted by atomic mass is 35.5. The van der Waals surface area contributed by atoms with Crippen LogP contribution in [0.3, 0.4) is 0 Å². The fraction of sp³-hybridized carbons (Fsp3) is 0.506. The Morgan fingerprint density at radius 2 is 0.800 bits per heavy atom. The molecule has 9 aromatic heterocycles. The van der Waals surface area contributed by atoms with Gasteiger partial charge < -0.3 is 17.2 Å². The zero-order chi connectivity index (χ0) is 81.2. The van der Waals surface area contributed by atoms with Gasteiger partial charge in [0.1, 0.15) is 27.8 Å². The van der Waals surface area contributed by atoms with Crippen LogP contribution in [0.5, 0.6) is 0 Å². The number of nitrogens with two attached hydrogens (primary N) is 3. The molecule has 0 aliphatic carbocycles. The summed E-state index contributed by atoms with van der Waals surface area (Å²) in [5.74, 6) is 1.97. The van der Waals surface area contributed by atoms with Gasteiger partial charge in [0.05, 0.1) is 27.8 Å². The van der Waals surface area contributed by atoms with Gasteiger partial charge in [-0.2, -0.15) is 0 Å². The van der Waals surface area contributed by atoms with Crippen LogP contribution in [0.1, 0.15) is 284 Å². The van der Waals surface area contributed by atoms with Crippen LogP contribution in [0.2, 0.25) is 10.3 Å². The van der Waals surface area contributed by atoms with E-state index in [1.165, 1.54) is 27.8 Å². The van der Waals surface area contributed by atoms with Crippen LogP contribution >= 0.6 is 35.0 Å². The highest BCUT2D eigenvalue weighted by Gasteiger charge is 2.24. The van der Waals surface area contributed by atoms with E-state index < -0.39 is 0 Å². The first-order valence-corrected chi connectivity index (χ1v) is 38.4. The third-order valence-electron chi connectivity index (χ3n) is 16.3. The Bertz CT molecular complexity index is 3900. The Kier molecular flexibility index (Phi) is 37.4. The molecule has 6 N–H and O–H groups in total. The Balaban J connectivity index is 0.000000591. The van der Waals surface area contributed by atoms with Gasteiger partial charge in [0.25, 0.3) is 0 Å². The zero-order valence-electron chi connectivity index (χ0n) is 71.3. The number of rotatable bonds is 2. The number of anilines is 3. The van der Waals surface area contributed by atoms with E-state index in [-0.39, 0.29) is 48.7 Å². The van der Waals surface area contributed by atoms with Crippen molar-refractivity contribution >= 4 is 52.4 Å². The normalized spacial score (nSPS) is 11.7. The van der Waals surface area contributed by atoms with Crippen molar-refractivity contribution in [2.24, 2.45) is 0 Å². The number of aryl methyl sites for hydroxylation is 7. The maximum Gasteiger partial charge on any atom is 0.132 e. The number of nitrogens with zero attached hydrogens (tertiary/aromatic N) is 10. The van der Waals surface area contributed by atoms with Crippen molar-refractivity contribution in [2.75, 3.05) is 23.5 Å². The topological polar surface area (TPSA) is 207 Å². The van der Waals surface area contributed by atoms with E-state index in [0.29, 0.717) is 27.8 Å². The molecule has 0 saturated heterocycles. The average molecular weight is 1490 g/mol. The van der Waals surface area contributed by atoms with Crippen molar-refractivity contribution in [3.8, 4) is 0 Å². The summed E-state index contributed by atoms with van der Waals surface area (Å²) < 4.78 is 0. The molecular weight excluding hydrogens is 1350 g/mol. The van der Waals surface area contributed by atoms with E-state index >= 15 is 0 Å². The first-order valence-electron chi connectivity index (χ1n) is 36.4. The third kappa shape index (κ3) is 35.3. The number of halogens is 2. The highest BCUT2D eigenvalue weighted by molar-refractivity contribution is 7.98. The second-order valence-corrected chi connectivity index (χ2v) is 37.2. The van der Waals surface area contributed by atoms with Crippen molar-refractivity contribution in [3.05, 3.63) is 235 Å². The maximum absolute atomic E-state index is 5.90. The maximum atomic E-state index is 5.90. The van der Waals surface area contributed by atoms with Crippen molar-refractivity contribution in [1.82, 2.24) is 49.8 Å². The molecule has 105 heavy (non-hydrogen) atoms. The van der Waals surface area contributed by atoms with Crippen molar-refractivity contribution in [3.63, 3.8) is 0 Å². The zero-order valence-corrected chi connectivity index (χ0v) is 73.6. The van der Waals surface area contributed by atoms with E-state index in [0.717, 1.165) is 73.6 Å². The van der Waals surface area contributed by atoms with Crippen molar-refractivity contribution in [1.29, 1.82) is 0 Å².